The Kier molecular flexibility index (Phi) is 9.94. The average molecular weight is 278 g/mol. The van der Waals surface area contributed by atoms with Gasteiger partial charge in [0.25, 0.3) is 0 Å². The molecule has 0 aromatic carbocycles. The summed E-state index contributed by atoms with van der Waals surface area (Å²) in [6.45, 7) is 8.14. The lowest BCUT2D eigenvalue weighted by molar-refractivity contribution is 0.0634. The van der Waals surface area contributed by atoms with E-state index in [4.69, 9.17) is 19.0 Å². The van der Waals surface area contributed by atoms with E-state index in [1.54, 1.807) is 0 Å². The van der Waals surface area contributed by atoms with Gasteiger partial charge in [-0.05, 0) is 19.8 Å². The zero-order valence-corrected chi connectivity index (χ0v) is 12.7. The second-order valence-electron chi connectivity index (χ2n) is 3.85. The van der Waals surface area contributed by atoms with E-state index in [2.05, 4.69) is 5.32 Å². The number of urea groups is 1. The van der Waals surface area contributed by atoms with E-state index in [9.17, 15) is 4.79 Å². The Labute approximate surface area is 111 Å². The summed E-state index contributed by atoms with van der Waals surface area (Å²) < 4.78 is 17.3. The van der Waals surface area contributed by atoms with Gasteiger partial charge in [-0.3, -0.25) is 0 Å². The van der Waals surface area contributed by atoms with Gasteiger partial charge in [-0.1, -0.05) is 13.8 Å². The van der Waals surface area contributed by atoms with Crippen LogP contribution in [0.15, 0.2) is 0 Å². The Morgan fingerprint density at radius 2 is 1.67 bits per heavy atom. The van der Waals surface area contributed by atoms with E-state index < -0.39 is 14.8 Å². The van der Waals surface area contributed by atoms with Crippen molar-refractivity contribution in [1.82, 2.24) is 5.32 Å². The molecule has 0 aromatic heterocycles. The first-order valence-corrected chi connectivity index (χ1v) is 8.48. The smallest absolute Gasteiger partial charge is 0.374 e. The van der Waals surface area contributed by atoms with Crippen LogP contribution in [0.1, 0.15) is 33.6 Å². The summed E-state index contributed by atoms with van der Waals surface area (Å²) in [5.41, 5.74) is 5.04. The highest BCUT2D eigenvalue weighted by Gasteiger charge is 2.40. The molecule has 0 unspecified atom stereocenters. The molecule has 0 heterocycles. The number of nitrogens with two attached hydrogens (primary N) is 1. The highest BCUT2D eigenvalue weighted by molar-refractivity contribution is 6.60. The number of nitrogens with one attached hydrogen (secondary N) is 1. The van der Waals surface area contributed by atoms with E-state index >= 15 is 0 Å². The van der Waals surface area contributed by atoms with Crippen LogP contribution in [0, 0.1) is 0 Å². The fraction of sp³-hybridized carbons (Fsp3) is 0.909. The molecule has 3 N–H and O–H groups in total. The third-order valence-corrected chi connectivity index (χ3v) is 5.03. The lowest BCUT2D eigenvalue weighted by atomic mass is 10.5. The quantitative estimate of drug-likeness (QED) is 0.561. The Balaban J connectivity index is 4.42. The predicted octanol–water partition coefficient (Wildman–Crippen LogP) is 1.48. The van der Waals surface area contributed by atoms with Gasteiger partial charge in [0.15, 0.2) is 0 Å². The fourth-order valence-electron chi connectivity index (χ4n) is 1.42. The molecule has 0 saturated heterocycles. The number of carbonyl (C=O) groups is 1. The first kappa shape index (κ1) is 17.4. The molecule has 7 heteroatoms. The van der Waals surface area contributed by atoms with Crippen molar-refractivity contribution >= 4 is 14.8 Å². The second-order valence-corrected chi connectivity index (χ2v) is 6.59. The molecule has 0 aromatic rings. The molecule has 0 aliphatic heterocycles. The minimum atomic E-state index is -2.67. The van der Waals surface area contributed by atoms with Gasteiger partial charge < -0.3 is 24.3 Å². The zero-order chi connectivity index (χ0) is 13.9. The van der Waals surface area contributed by atoms with Crippen molar-refractivity contribution in [2.24, 2.45) is 5.73 Å². The van der Waals surface area contributed by atoms with Crippen LogP contribution in [0.25, 0.3) is 0 Å². The van der Waals surface area contributed by atoms with Crippen molar-refractivity contribution in [2.75, 3.05) is 26.4 Å². The summed E-state index contributed by atoms with van der Waals surface area (Å²) in [6.07, 6.45) is 1.81. The molecule has 0 aliphatic carbocycles. The normalized spacial score (nSPS) is 11.5. The molecule has 0 radical (unpaired) electrons. The standard InChI is InChI=1S/C11H26N2O4Si/c1-4-8-16-18(15-6-3,17-9-5-2)10-7-13-11(12)14/h4-10H2,1-3H3,(H3,12,13,14). The van der Waals surface area contributed by atoms with E-state index in [-0.39, 0.29) is 0 Å². The number of hydrogen-bond donors (Lipinski definition) is 2. The van der Waals surface area contributed by atoms with Gasteiger partial charge in [0, 0.05) is 32.4 Å². The monoisotopic (exact) mass is 278 g/mol. The summed E-state index contributed by atoms with van der Waals surface area (Å²) in [5, 5.41) is 2.55. The van der Waals surface area contributed by atoms with Crippen molar-refractivity contribution in [3.05, 3.63) is 0 Å². The van der Waals surface area contributed by atoms with Crippen molar-refractivity contribution in [3.8, 4) is 0 Å². The van der Waals surface area contributed by atoms with Crippen LogP contribution in [-0.2, 0) is 13.3 Å². The summed E-state index contributed by atoms with van der Waals surface area (Å²) in [5.74, 6) is 0. The molecule has 0 aliphatic rings. The van der Waals surface area contributed by atoms with Crippen LogP contribution in [-0.4, -0.2) is 41.2 Å². The first-order valence-electron chi connectivity index (χ1n) is 6.55. The summed E-state index contributed by atoms with van der Waals surface area (Å²) in [6, 6.07) is 0.00410. The van der Waals surface area contributed by atoms with E-state index in [1.807, 2.05) is 20.8 Å². The van der Waals surface area contributed by atoms with Crippen molar-refractivity contribution in [1.29, 1.82) is 0 Å². The molecule has 0 bridgehead atoms. The Bertz CT molecular complexity index is 221. The molecule has 0 rings (SSSR count). The minimum absolute atomic E-state index is 0.412. The largest absolute Gasteiger partial charge is 0.502 e. The molecule has 18 heavy (non-hydrogen) atoms. The predicted molar refractivity (Wildman–Crippen MR) is 72.3 cm³/mol. The Morgan fingerprint density at radius 1 is 1.11 bits per heavy atom. The van der Waals surface area contributed by atoms with Crippen molar-refractivity contribution in [3.63, 3.8) is 0 Å². The van der Waals surface area contributed by atoms with Crippen LogP contribution in [0.5, 0.6) is 0 Å². The first-order chi connectivity index (χ1) is 8.60. The lowest BCUT2D eigenvalue weighted by Crippen LogP contribution is -2.49. The molecular weight excluding hydrogens is 252 g/mol. The number of hydrogen-bond acceptors (Lipinski definition) is 4. The van der Waals surface area contributed by atoms with Gasteiger partial charge in [0.2, 0.25) is 0 Å². The van der Waals surface area contributed by atoms with Crippen LogP contribution in [0.2, 0.25) is 6.04 Å². The topological polar surface area (TPSA) is 82.8 Å². The minimum Gasteiger partial charge on any atom is -0.374 e. The number of carbonyl (C=O) groups excluding carboxylic acids is 1. The van der Waals surface area contributed by atoms with Gasteiger partial charge in [0.05, 0.1) is 0 Å². The van der Waals surface area contributed by atoms with E-state index in [0.717, 1.165) is 12.8 Å². The van der Waals surface area contributed by atoms with Gasteiger partial charge in [-0.25, -0.2) is 4.79 Å². The van der Waals surface area contributed by atoms with Crippen LogP contribution in [0.3, 0.4) is 0 Å². The third-order valence-electron chi connectivity index (χ3n) is 2.15. The zero-order valence-electron chi connectivity index (χ0n) is 11.7. The van der Waals surface area contributed by atoms with Crippen LogP contribution in [0.4, 0.5) is 4.79 Å². The molecule has 108 valence electrons. The SMILES string of the molecule is CCCO[Si](CCNC(N)=O)(OCC)OCCC. The fourth-order valence-corrected chi connectivity index (χ4v) is 4.00. The van der Waals surface area contributed by atoms with Gasteiger partial charge in [0.1, 0.15) is 0 Å². The molecule has 2 amide bonds. The number of rotatable bonds is 11. The van der Waals surface area contributed by atoms with Gasteiger partial charge >= 0.3 is 14.8 Å². The second kappa shape index (κ2) is 10.3. The van der Waals surface area contributed by atoms with Gasteiger partial charge in [-0.2, -0.15) is 0 Å². The molecule has 0 spiro atoms. The molecule has 6 nitrogen and oxygen atoms in total. The molecular formula is C11H26N2O4Si. The molecule has 0 saturated carbocycles. The van der Waals surface area contributed by atoms with E-state index in [1.165, 1.54) is 0 Å². The van der Waals surface area contributed by atoms with Crippen LogP contribution >= 0.6 is 0 Å². The number of primary amides is 1. The summed E-state index contributed by atoms with van der Waals surface area (Å²) in [7, 11) is -2.67. The van der Waals surface area contributed by atoms with Crippen LogP contribution < -0.4 is 11.1 Å². The van der Waals surface area contributed by atoms with E-state index in [0.29, 0.717) is 32.4 Å². The summed E-state index contributed by atoms with van der Waals surface area (Å²) >= 11 is 0. The van der Waals surface area contributed by atoms with Gasteiger partial charge in [-0.15, -0.1) is 0 Å². The third kappa shape index (κ3) is 7.65. The lowest BCUT2D eigenvalue weighted by Gasteiger charge is -2.29. The summed E-state index contributed by atoms with van der Waals surface area (Å²) in [4.78, 5) is 10.7. The molecule has 0 fully saturated rings. The maximum absolute atomic E-state index is 10.7. The van der Waals surface area contributed by atoms with Crippen molar-refractivity contribution in [2.45, 2.75) is 39.7 Å². The number of amides is 2. The molecule has 0 atom stereocenters. The van der Waals surface area contributed by atoms with Crippen molar-refractivity contribution < 1.29 is 18.1 Å². The Morgan fingerprint density at radius 3 is 2.06 bits per heavy atom. The highest BCUT2D eigenvalue weighted by atomic mass is 28.4. The highest BCUT2D eigenvalue weighted by Crippen LogP contribution is 2.16. The maximum Gasteiger partial charge on any atom is 0.502 e. The maximum atomic E-state index is 10.7. The average Bonchev–Trinajstić information content (AvgIpc) is 2.33. The Hall–Kier alpha value is -0.633.